The van der Waals surface area contributed by atoms with Gasteiger partial charge in [0, 0.05) is 11.8 Å². The molecule has 1 aromatic heterocycles. The van der Waals surface area contributed by atoms with Crippen LogP contribution < -0.4 is 4.74 Å². The normalized spacial score (nSPS) is 23.1. The summed E-state index contributed by atoms with van der Waals surface area (Å²) in [5.41, 5.74) is 1.51. The van der Waals surface area contributed by atoms with E-state index in [-0.39, 0.29) is 11.7 Å². The molecule has 1 fully saturated rings. The molecule has 0 saturated heterocycles. The SMILES string of the molecule is Cc1cc(OC2CCC(C)CC2)c(C(=O)O)c(C)n1. The van der Waals surface area contributed by atoms with Gasteiger partial charge in [-0.25, -0.2) is 4.79 Å². The van der Waals surface area contributed by atoms with Crippen LogP contribution in [0.3, 0.4) is 0 Å². The molecule has 0 aliphatic heterocycles. The number of aromatic nitrogens is 1. The number of pyridine rings is 1. The third kappa shape index (κ3) is 3.25. The van der Waals surface area contributed by atoms with Crippen molar-refractivity contribution < 1.29 is 14.6 Å². The Labute approximate surface area is 113 Å². The fraction of sp³-hybridized carbons (Fsp3) is 0.600. The third-order valence-electron chi connectivity index (χ3n) is 3.76. The number of ether oxygens (including phenoxy) is 1. The number of aryl methyl sites for hydroxylation is 2. The van der Waals surface area contributed by atoms with Crippen LogP contribution in [0.15, 0.2) is 6.07 Å². The van der Waals surface area contributed by atoms with Gasteiger partial charge in [-0.15, -0.1) is 0 Å². The van der Waals surface area contributed by atoms with Crippen LogP contribution >= 0.6 is 0 Å². The van der Waals surface area contributed by atoms with E-state index in [4.69, 9.17) is 4.74 Å². The molecule has 1 heterocycles. The van der Waals surface area contributed by atoms with Gasteiger partial charge in [0.05, 0.1) is 11.8 Å². The van der Waals surface area contributed by atoms with Crippen LogP contribution in [0.4, 0.5) is 0 Å². The molecular weight excluding hydrogens is 242 g/mol. The van der Waals surface area contributed by atoms with E-state index in [2.05, 4.69) is 11.9 Å². The Bertz CT molecular complexity index is 477. The van der Waals surface area contributed by atoms with Crippen molar-refractivity contribution in [2.45, 2.75) is 52.6 Å². The van der Waals surface area contributed by atoms with Crippen LogP contribution in [0.1, 0.15) is 54.4 Å². The molecule has 104 valence electrons. The molecule has 4 heteroatoms. The second-order valence-electron chi connectivity index (χ2n) is 5.53. The van der Waals surface area contributed by atoms with Crippen LogP contribution in [0, 0.1) is 19.8 Å². The molecule has 0 spiro atoms. The highest BCUT2D eigenvalue weighted by molar-refractivity contribution is 5.92. The summed E-state index contributed by atoms with van der Waals surface area (Å²) in [5.74, 6) is 0.251. The number of aromatic carboxylic acids is 1. The lowest BCUT2D eigenvalue weighted by Gasteiger charge is -2.27. The van der Waals surface area contributed by atoms with Crippen molar-refractivity contribution in [3.05, 3.63) is 23.0 Å². The highest BCUT2D eigenvalue weighted by atomic mass is 16.5. The fourth-order valence-electron chi connectivity index (χ4n) is 2.67. The molecule has 0 unspecified atom stereocenters. The zero-order valence-electron chi connectivity index (χ0n) is 11.8. The van der Waals surface area contributed by atoms with Crippen LogP contribution in [-0.2, 0) is 0 Å². The van der Waals surface area contributed by atoms with Gasteiger partial charge < -0.3 is 9.84 Å². The maximum atomic E-state index is 11.3. The minimum Gasteiger partial charge on any atom is -0.489 e. The van der Waals surface area contributed by atoms with Gasteiger partial charge in [0.25, 0.3) is 0 Å². The number of carboxylic acid groups (broad SMARTS) is 1. The zero-order chi connectivity index (χ0) is 14.0. The first-order chi connectivity index (χ1) is 8.97. The van der Waals surface area contributed by atoms with Crippen molar-refractivity contribution in [1.82, 2.24) is 4.98 Å². The number of carbonyl (C=O) groups is 1. The van der Waals surface area contributed by atoms with Gasteiger partial charge in [0.1, 0.15) is 11.3 Å². The van der Waals surface area contributed by atoms with Crippen molar-refractivity contribution in [3.63, 3.8) is 0 Å². The predicted octanol–water partition coefficient (Wildman–Crippen LogP) is 3.35. The minimum atomic E-state index is -0.968. The van der Waals surface area contributed by atoms with Crippen LogP contribution in [0.25, 0.3) is 0 Å². The molecule has 0 aromatic carbocycles. The van der Waals surface area contributed by atoms with Gasteiger partial charge in [-0.3, -0.25) is 4.98 Å². The first kappa shape index (κ1) is 13.8. The molecule has 1 saturated carbocycles. The Morgan fingerprint density at radius 3 is 2.53 bits per heavy atom. The fourth-order valence-corrected chi connectivity index (χ4v) is 2.67. The molecule has 1 aliphatic carbocycles. The molecule has 0 atom stereocenters. The maximum absolute atomic E-state index is 11.3. The monoisotopic (exact) mass is 263 g/mol. The average Bonchev–Trinajstić information content (AvgIpc) is 2.30. The summed E-state index contributed by atoms with van der Waals surface area (Å²) in [6.07, 6.45) is 4.43. The van der Waals surface area contributed by atoms with E-state index in [1.54, 1.807) is 13.0 Å². The highest BCUT2D eigenvalue weighted by Gasteiger charge is 2.23. The average molecular weight is 263 g/mol. The van der Waals surface area contributed by atoms with Gasteiger partial charge in [-0.2, -0.15) is 0 Å². The molecule has 2 rings (SSSR count). The smallest absolute Gasteiger partial charge is 0.341 e. The Morgan fingerprint density at radius 1 is 1.32 bits per heavy atom. The number of carboxylic acids is 1. The van der Waals surface area contributed by atoms with E-state index in [1.165, 1.54) is 0 Å². The van der Waals surface area contributed by atoms with Crippen molar-refractivity contribution >= 4 is 5.97 Å². The first-order valence-corrected chi connectivity index (χ1v) is 6.85. The molecule has 0 bridgehead atoms. The van der Waals surface area contributed by atoms with E-state index in [0.717, 1.165) is 37.3 Å². The van der Waals surface area contributed by atoms with E-state index in [0.29, 0.717) is 11.4 Å². The quantitative estimate of drug-likeness (QED) is 0.908. The Morgan fingerprint density at radius 2 is 1.95 bits per heavy atom. The first-order valence-electron chi connectivity index (χ1n) is 6.85. The van der Waals surface area contributed by atoms with Crippen molar-refractivity contribution in [2.75, 3.05) is 0 Å². The standard InChI is InChI=1S/C15H21NO3/c1-9-4-6-12(7-5-9)19-13-8-10(2)16-11(3)14(13)15(17)18/h8-9,12H,4-7H2,1-3H3,(H,17,18). The largest absolute Gasteiger partial charge is 0.489 e. The summed E-state index contributed by atoms with van der Waals surface area (Å²) in [6, 6.07) is 1.73. The second kappa shape index (κ2) is 5.59. The van der Waals surface area contributed by atoms with Gasteiger partial charge in [-0.1, -0.05) is 6.92 Å². The summed E-state index contributed by atoms with van der Waals surface area (Å²) in [4.78, 5) is 15.5. The minimum absolute atomic E-state index is 0.135. The Kier molecular flexibility index (Phi) is 4.08. The summed E-state index contributed by atoms with van der Waals surface area (Å²) in [5, 5.41) is 9.29. The summed E-state index contributed by atoms with van der Waals surface area (Å²) in [7, 11) is 0. The van der Waals surface area contributed by atoms with E-state index in [9.17, 15) is 9.90 Å². The molecule has 0 amide bonds. The molecule has 4 nitrogen and oxygen atoms in total. The van der Waals surface area contributed by atoms with E-state index >= 15 is 0 Å². The van der Waals surface area contributed by atoms with Crippen LogP contribution in [0.2, 0.25) is 0 Å². The number of rotatable bonds is 3. The number of hydrogen-bond donors (Lipinski definition) is 1. The Balaban J connectivity index is 2.21. The highest BCUT2D eigenvalue weighted by Crippen LogP contribution is 2.30. The number of hydrogen-bond acceptors (Lipinski definition) is 3. The predicted molar refractivity (Wildman–Crippen MR) is 72.7 cm³/mol. The topological polar surface area (TPSA) is 59.4 Å². The molecular formula is C15H21NO3. The van der Waals surface area contributed by atoms with Gasteiger partial charge in [0.15, 0.2) is 0 Å². The van der Waals surface area contributed by atoms with E-state index < -0.39 is 5.97 Å². The molecule has 1 aromatic rings. The van der Waals surface area contributed by atoms with Gasteiger partial charge >= 0.3 is 5.97 Å². The summed E-state index contributed by atoms with van der Waals surface area (Å²) < 4.78 is 5.94. The zero-order valence-corrected chi connectivity index (χ0v) is 11.8. The van der Waals surface area contributed by atoms with Gasteiger partial charge in [0.2, 0.25) is 0 Å². The lowest BCUT2D eigenvalue weighted by molar-refractivity contribution is 0.0682. The van der Waals surface area contributed by atoms with Crippen LogP contribution in [0.5, 0.6) is 5.75 Å². The van der Waals surface area contributed by atoms with Crippen LogP contribution in [-0.4, -0.2) is 22.2 Å². The third-order valence-corrected chi connectivity index (χ3v) is 3.76. The van der Waals surface area contributed by atoms with Gasteiger partial charge in [-0.05, 0) is 45.4 Å². The molecule has 1 aliphatic rings. The molecule has 19 heavy (non-hydrogen) atoms. The molecule has 0 radical (unpaired) electrons. The lowest BCUT2D eigenvalue weighted by atomic mass is 9.89. The lowest BCUT2D eigenvalue weighted by Crippen LogP contribution is -2.24. The maximum Gasteiger partial charge on any atom is 0.341 e. The van der Waals surface area contributed by atoms with Crippen molar-refractivity contribution in [1.29, 1.82) is 0 Å². The second-order valence-corrected chi connectivity index (χ2v) is 5.53. The summed E-state index contributed by atoms with van der Waals surface area (Å²) in [6.45, 7) is 5.82. The summed E-state index contributed by atoms with van der Waals surface area (Å²) >= 11 is 0. The van der Waals surface area contributed by atoms with Crippen molar-refractivity contribution in [3.8, 4) is 5.75 Å². The van der Waals surface area contributed by atoms with Crippen molar-refractivity contribution in [2.24, 2.45) is 5.92 Å². The number of nitrogens with zero attached hydrogens (tertiary/aromatic N) is 1. The van der Waals surface area contributed by atoms with E-state index in [1.807, 2.05) is 6.92 Å². The Hall–Kier alpha value is -1.58. The molecule has 1 N–H and O–H groups in total.